The lowest BCUT2D eigenvalue weighted by Crippen LogP contribution is -2.69. The van der Waals surface area contributed by atoms with E-state index in [-0.39, 0.29) is 19.4 Å². The van der Waals surface area contributed by atoms with Gasteiger partial charge in [-0.15, -0.1) is 0 Å². The third-order valence-corrected chi connectivity index (χ3v) is 7.38. The molecule has 13 heteroatoms. The van der Waals surface area contributed by atoms with Gasteiger partial charge in [-0.25, -0.2) is 14.4 Å². The molecule has 1 aromatic carbocycles. The smallest absolute Gasteiger partial charge is 0.411 e. The standard InChI is InChI=1S/C33H44N2O11/c1-32(2,3)45-27(38)18-24-29(39)35-22(16-21(14-15-25(36)42-7)28(35)30(40)46-33(4,5)6)23(17-26(37)43-8)34(24)31(41)44-19-20-12-10-9-11-13-20/h9-15,21-24,28H,16-19H2,1-8H3/b15-14+/t21-,22?,23+,24-,28-/m0/s1. The number of amides is 2. The van der Waals surface area contributed by atoms with Gasteiger partial charge in [-0.3, -0.25) is 19.3 Å². The van der Waals surface area contributed by atoms with E-state index in [1.54, 1.807) is 71.9 Å². The average Bonchev–Trinajstić information content (AvgIpc) is 3.35. The van der Waals surface area contributed by atoms with Crippen molar-refractivity contribution in [3.8, 4) is 0 Å². The van der Waals surface area contributed by atoms with Crippen LogP contribution in [0.3, 0.4) is 0 Å². The summed E-state index contributed by atoms with van der Waals surface area (Å²) in [4.78, 5) is 82.4. The molecule has 0 aromatic heterocycles. The Kier molecular flexibility index (Phi) is 11.6. The number of methoxy groups -OCH3 is 2. The number of carbonyl (C=O) groups excluding carboxylic acids is 6. The summed E-state index contributed by atoms with van der Waals surface area (Å²) in [7, 11) is 2.39. The van der Waals surface area contributed by atoms with Gasteiger partial charge in [0, 0.05) is 12.0 Å². The minimum atomic E-state index is -1.50. The van der Waals surface area contributed by atoms with Crippen LogP contribution in [0.1, 0.15) is 66.4 Å². The zero-order chi connectivity index (χ0) is 34.4. The van der Waals surface area contributed by atoms with Crippen LogP contribution in [0.25, 0.3) is 0 Å². The Labute approximate surface area is 269 Å². The summed E-state index contributed by atoms with van der Waals surface area (Å²) in [6.07, 6.45) is 0.742. The summed E-state index contributed by atoms with van der Waals surface area (Å²) in [6, 6.07) is 4.10. The van der Waals surface area contributed by atoms with Crippen molar-refractivity contribution in [1.82, 2.24) is 9.80 Å². The van der Waals surface area contributed by atoms with Crippen molar-refractivity contribution in [2.24, 2.45) is 5.92 Å². The third-order valence-electron chi connectivity index (χ3n) is 7.38. The molecule has 2 amide bonds. The van der Waals surface area contributed by atoms with E-state index in [2.05, 4.69) is 0 Å². The van der Waals surface area contributed by atoms with Gasteiger partial charge in [-0.05, 0) is 53.5 Å². The van der Waals surface area contributed by atoms with Crippen LogP contribution in [-0.2, 0) is 54.3 Å². The number of hydrogen-bond acceptors (Lipinski definition) is 11. The first-order valence-electron chi connectivity index (χ1n) is 15.0. The number of rotatable bonds is 9. The summed E-state index contributed by atoms with van der Waals surface area (Å²) >= 11 is 0. The van der Waals surface area contributed by atoms with E-state index in [1.807, 2.05) is 0 Å². The molecule has 0 bridgehead atoms. The maximum absolute atomic E-state index is 14.4. The monoisotopic (exact) mass is 644 g/mol. The Bertz CT molecular complexity index is 1330. The molecule has 1 unspecified atom stereocenters. The van der Waals surface area contributed by atoms with Crippen molar-refractivity contribution in [3.05, 3.63) is 48.0 Å². The van der Waals surface area contributed by atoms with E-state index in [1.165, 1.54) is 25.2 Å². The van der Waals surface area contributed by atoms with E-state index in [9.17, 15) is 28.8 Å². The summed E-state index contributed by atoms with van der Waals surface area (Å²) in [5.74, 6) is -4.42. The zero-order valence-corrected chi connectivity index (χ0v) is 27.6. The summed E-state index contributed by atoms with van der Waals surface area (Å²) in [6.45, 7) is 9.85. The Balaban J connectivity index is 2.14. The summed E-state index contributed by atoms with van der Waals surface area (Å²) in [5, 5.41) is 0. The molecule has 0 aliphatic carbocycles. The highest BCUT2D eigenvalue weighted by Crippen LogP contribution is 2.42. The van der Waals surface area contributed by atoms with Gasteiger partial charge in [0.15, 0.2) is 0 Å². The van der Waals surface area contributed by atoms with Crippen molar-refractivity contribution in [3.63, 3.8) is 0 Å². The zero-order valence-electron chi connectivity index (χ0n) is 27.6. The van der Waals surface area contributed by atoms with E-state index in [0.717, 1.165) is 11.0 Å². The fraction of sp³-hybridized carbons (Fsp3) is 0.576. The van der Waals surface area contributed by atoms with Crippen molar-refractivity contribution in [1.29, 1.82) is 0 Å². The van der Waals surface area contributed by atoms with E-state index < -0.39 is 83.6 Å². The fourth-order valence-electron chi connectivity index (χ4n) is 5.66. The highest BCUT2D eigenvalue weighted by atomic mass is 16.6. The van der Waals surface area contributed by atoms with Gasteiger partial charge in [-0.2, -0.15) is 0 Å². The van der Waals surface area contributed by atoms with Crippen LogP contribution in [0.15, 0.2) is 42.5 Å². The number of piperazine rings is 1. The van der Waals surface area contributed by atoms with Gasteiger partial charge in [0.2, 0.25) is 5.91 Å². The molecule has 13 nitrogen and oxygen atoms in total. The number of ether oxygens (including phenoxy) is 5. The Morgan fingerprint density at radius 1 is 0.870 bits per heavy atom. The molecule has 0 radical (unpaired) electrons. The molecule has 2 aliphatic rings. The molecule has 0 spiro atoms. The molecule has 2 aliphatic heterocycles. The second kappa shape index (κ2) is 14.8. The Morgan fingerprint density at radius 2 is 1.50 bits per heavy atom. The highest BCUT2D eigenvalue weighted by molar-refractivity contribution is 5.95. The molecule has 252 valence electrons. The number of hydrogen-bond donors (Lipinski definition) is 0. The predicted octanol–water partition coefficient (Wildman–Crippen LogP) is 3.33. The predicted molar refractivity (Wildman–Crippen MR) is 163 cm³/mol. The SMILES string of the molecule is COC(=O)/C=C/[C@H]1CC2[C@@H](CC(=O)OC)N(C(=O)OCc3ccccc3)[C@@H](CC(=O)OC(C)(C)C)C(=O)N2[C@@H]1C(=O)OC(C)(C)C. The van der Waals surface area contributed by atoms with Gasteiger partial charge in [0.25, 0.3) is 0 Å². The highest BCUT2D eigenvalue weighted by Gasteiger charge is 2.59. The maximum atomic E-state index is 14.4. The molecular formula is C33H44N2O11. The molecule has 2 saturated heterocycles. The van der Waals surface area contributed by atoms with Crippen molar-refractivity contribution in [2.75, 3.05) is 14.2 Å². The van der Waals surface area contributed by atoms with Gasteiger partial charge >= 0.3 is 30.0 Å². The minimum absolute atomic E-state index is 0.0619. The second-order valence-electron chi connectivity index (χ2n) is 13.2. The molecule has 1 aromatic rings. The second-order valence-corrected chi connectivity index (χ2v) is 13.2. The number of esters is 4. The fourth-order valence-corrected chi connectivity index (χ4v) is 5.66. The molecule has 2 heterocycles. The van der Waals surface area contributed by atoms with Crippen molar-refractivity contribution < 1.29 is 52.5 Å². The van der Waals surface area contributed by atoms with Gasteiger partial charge in [-0.1, -0.05) is 36.4 Å². The lowest BCUT2D eigenvalue weighted by Gasteiger charge is -2.48. The van der Waals surface area contributed by atoms with Crippen LogP contribution in [0.2, 0.25) is 0 Å². The first-order chi connectivity index (χ1) is 21.5. The van der Waals surface area contributed by atoms with Crippen LogP contribution in [0.5, 0.6) is 0 Å². The van der Waals surface area contributed by atoms with Crippen LogP contribution in [0, 0.1) is 5.92 Å². The van der Waals surface area contributed by atoms with Crippen LogP contribution in [0.4, 0.5) is 4.79 Å². The van der Waals surface area contributed by atoms with E-state index in [4.69, 9.17) is 23.7 Å². The van der Waals surface area contributed by atoms with Gasteiger partial charge < -0.3 is 28.6 Å². The maximum Gasteiger partial charge on any atom is 0.411 e. The first-order valence-corrected chi connectivity index (χ1v) is 15.0. The van der Waals surface area contributed by atoms with Gasteiger partial charge in [0.05, 0.1) is 39.1 Å². The van der Waals surface area contributed by atoms with Crippen LogP contribution < -0.4 is 0 Å². The molecule has 0 N–H and O–H groups in total. The number of fused-ring (bicyclic) bond motifs is 1. The van der Waals surface area contributed by atoms with Crippen molar-refractivity contribution in [2.45, 2.75) is 103 Å². The van der Waals surface area contributed by atoms with Crippen LogP contribution in [-0.4, -0.2) is 95.3 Å². The lowest BCUT2D eigenvalue weighted by atomic mass is 9.91. The topological polar surface area (TPSA) is 155 Å². The molecule has 46 heavy (non-hydrogen) atoms. The normalized spacial score (nSPS) is 23.0. The average molecular weight is 645 g/mol. The largest absolute Gasteiger partial charge is 0.469 e. The third kappa shape index (κ3) is 9.30. The van der Waals surface area contributed by atoms with Gasteiger partial charge in [0.1, 0.15) is 29.9 Å². The van der Waals surface area contributed by atoms with E-state index >= 15 is 0 Å². The van der Waals surface area contributed by atoms with Crippen molar-refractivity contribution >= 4 is 35.9 Å². The summed E-state index contributed by atoms with van der Waals surface area (Å²) < 4.78 is 26.5. The lowest BCUT2D eigenvalue weighted by molar-refractivity contribution is -0.172. The van der Waals surface area contributed by atoms with E-state index in [0.29, 0.717) is 5.56 Å². The van der Waals surface area contributed by atoms with Crippen LogP contribution >= 0.6 is 0 Å². The molecular weight excluding hydrogens is 600 g/mol. The molecule has 3 rings (SSSR count). The molecule has 0 saturated carbocycles. The molecule has 5 atom stereocenters. The molecule has 2 fully saturated rings. The number of carbonyl (C=O) groups is 6. The Hall–Kier alpha value is -4.42. The first kappa shape index (κ1) is 36.1. The summed E-state index contributed by atoms with van der Waals surface area (Å²) in [5.41, 5.74) is -1.16. The number of nitrogens with zero attached hydrogens (tertiary/aromatic N) is 2. The Morgan fingerprint density at radius 3 is 2.07 bits per heavy atom. The minimum Gasteiger partial charge on any atom is -0.469 e. The quantitative estimate of drug-likeness (QED) is 0.221. The number of benzene rings is 1.